The first-order chi connectivity index (χ1) is 3.63. The molecule has 0 amide bonds. The van der Waals surface area contributed by atoms with E-state index in [9.17, 15) is 20.0 Å². The second kappa shape index (κ2) is 2.78. The zero-order chi connectivity index (χ0) is 6.57. The van der Waals surface area contributed by atoms with Gasteiger partial charge in [-0.1, -0.05) is 0 Å². The minimum atomic E-state index is -1.61. The zero-order valence-electron chi connectivity index (χ0n) is 3.70. The number of hydrogen-bond acceptors (Lipinski definition) is 4. The maximum atomic E-state index is 9.36. The Morgan fingerprint density at radius 3 is 2.38 bits per heavy atom. The average Bonchev–Trinajstić information content (AvgIpc) is 1.61. The summed E-state index contributed by atoms with van der Waals surface area (Å²) in [6.45, 7) is -1.01. The summed E-state index contributed by atoms with van der Waals surface area (Å²) in [4.78, 5) is 21.9. The second-order valence-corrected chi connectivity index (χ2v) is 0.869. The zero-order valence-corrected chi connectivity index (χ0v) is 3.70. The molecule has 0 aliphatic carbocycles. The first kappa shape index (κ1) is 6.67. The summed E-state index contributed by atoms with van der Waals surface area (Å²) < 4.78 is 0. The van der Waals surface area contributed by atoms with E-state index in [2.05, 4.69) is 4.84 Å². The molecule has 0 N–H and O–H groups in total. The summed E-state index contributed by atoms with van der Waals surface area (Å²) in [6.07, 6.45) is 0. The smallest absolute Gasteiger partial charge is 0.302 e. The number of nitrogens with zero attached hydrogens (tertiary/aromatic N) is 1. The van der Waals surface area contributed by atoms with Crippen LogP contribution in [0.25, 0.3) is 0 Å². The fraction of sp³-hybridized carbons (Fsp3) is 0.500. The van der Waals surface area contributed by atoms with Gasteiger partial charge in [-0.25, -0.2) is 9.90 Å². The summed E-state index contributed by atoms with van der Waals surface area (Å²) in [5, 5.41) is 17.4. The average molecular weight is 120 g/mol. The minimum Gasteiger partial charge on any atom is -0.302 e. The third-order valence-electron chi connectivity index (χ3n) is 0.288. The van der Waals surface area contributed by atoms with Crippen LogP contribution >= 0.6 is 0 Å². The van der Waals surface area contributed by atoms with Crippen LogP contribution in [0.4, 0.5) is 0 Å². The van der Waals surface area contributed by atoms with E-state index in [0.29, 0.717) is 0 Å². The Kier molecular flexibility index (Phi) is 2.32. The molecule has 0 aromatic heterocycles. The van der Waals surface area contributed by atoms with Gasteiger partial charge in [0.05, 0.1) is 0 Å². The highest BCUT2D eigenvalue weighted by Gasteiger charge is 2.01. The molecule has 45 valence electrons. The van der Waals surface area contributed by atoms with E-state index in [1.165, 1.54) is 0 Å². The fourth-order valence-corrected chi connectivity index (χ4v) is 0.105. The standard InChI is InChI=1S/C2H2NO5/c4-2(5)1-8-3(6)7/h1H2. The molecule has 0 unspecified atom stereocenters. The van der Waals surface area contributed by atoms with Crippen LogP contribution in [-0.2, 0) is 14.7 Å². The summed E-state index contributed by atoms with van der Waals surface area (Å²) in [6, 6.07) is 0. The quantitative estimate of drug-likeness (QED) is 0.358. The van der Waals surface area contributed by atoms with Crippen molar-refractivity contribution in [1.82, 2.24) is 0 Å². The molecule has 8 heavy (non-hydrogen) atoms. The molecular formula is C2H2NO5. The molecule has 0 heterocycles. The van der Waals surface area contributed by atoms with Crippen LogP contribution in [-0.4, -0.2) is 17.7 Å². The molecule has 0 saturated heterocycles. The van der Waals surface area contributed by atoms with Crippen LogP contribution in [0.1, 0.15) is 0 Å². The van der Waals surface area contributed by atoms with Crippen LogP contribution in [0.2, 0.25) is 0 Å². The lowest BCUT2D eigenvalue weighted by molar-refractivity contribution is -0.754. The summed E-state index contributed by atoms with van der Waals surface area (Å²) >= 11 is 0. The Morgan fingerprint density at radius 1 is 1.75 bits per heavy atom. The fourth-order valence-electron chi connectivity index (χ4n) is 0.105. The second-order valence-electron chi connectivity index (χ2n) is 0.869. The van der Waals surface area contributed by atoms with Crippen molar-refractivity contribution in [3.63, 3.8) is 0 Å². The third kappa shape index (κ3) is 4.67. The first-order valence-corrected chi connectivity index (χ1v) is 1.60. The lowest BCUT2D eigenvalue weighted by Crippen LogP contribution is -2.09. The van der Waals surface area contributed by atoms with Crippen molar-refractivity contribution in [3.8, 4) is 0 Å². The molecule has 1 radical (unpaired) electrons. The van der Waals surface area contributed by atoms with Crippen molar-refractivity contribution in [2.24, 2.45) is 0 Å². The molecule has 0 atom stereocenters. The SMILES string of the molecule is [O]C(=O)CO[N+](=O)[O-]. The molecule has 0 aromatic carbocycles. The van der Waals surface area contributed by atoms with E-state index in [4.69, 9.17) is 0 Å². The van der Waals surface area contributed by atoms with Gasteiger partial charge in [0.25, 0.3) is 5.09 Å². The molecule has 6 nitrogen and oxygen atoms in total. The van der Waals surface area contributed by atoms with E-state index in [0.717, 1.165) is 0 Å². The Labute approximate surface area is 43.8 Å². The van der Waals surface area contributed by atoms with E-state index < -0.39 is 17.7 Å². The van der Waals surface area contributed by atoms with Crippen molar-refractivity contribution in [2.75, 3.05) is 6.61 Å². The predicted molar refractivity (Wildman–Crippen MR) is 18.6 cm³/mol. The number of rotatable bonds is 3. The highest BCUT2D eigenvalue weighted by molar-refractivity contribution is 5.67. The first-order valence-electron chi connectivity index (χ1n) is 1.60. The van der Waals surface area contributed by atoms with Crippen LogP contribution in [0, 0.1) is 10.1 Å². The molecule has 6 heteroatoms. The Morgan fingerprint density at radius 2 is 2.25 bits per heavy atom. The van der Waals surface area contributed by atoms with Crippen LogP contribution in [0.15, 0.2) is 0 Å². The van der Waals surface area contributed by atoms with Crippen LogP contribution < -0.4 is 0 Å². The lowest BCUT2D eigenvalue weighted by atomic mass is 10.8. The minimum absolute atomic E-state index is 1.01. The van der Waals surface area contributed by atoms with E-state index >= 15 is 0 Å². The molecule has 0 spiro atoms. The summed E-state index contributed by atoms with van der Waals surface area (Å²) in [5.74, 6) is -1.61. The summed E-state index contributed by atoms with van der Waals surface area (Å²) in [7, 11) is 0. The van der Waals surface area contributed by atoms with Crippen LogP contribution in [0.5, 0.6) is 0 Å². The topological polar surface area (TPSA) is 89.3 Å². The molecule has 0 saturated carbocycles. The Hall–Kier alpha value is -1.33. The largest absolute Gasteiger partial charge is 0.381 e. The van der Waals surface area contributed by atoms with E-state index in [1.807, 2.05) is 0 Å². The maximum Gasteiger partial charge on any atom is 0.381 e. The molecule has 0 aliphatic rings. The van der Waals surface area contributed by atoms with Gasteiger partial charge in [0, 0.05) is 0 Å². The molecule has 0 bridgehead atoms. The molecular weight excluding hydrogens is 118 g/mol. The molecule has 0 fully saturated rings. The molecule has 0 aromatic rings. The van der Waals surface area contributed by atoms with Gasteiger partial charge in [0.2, 0.25) is 0 Å². The van der Waals surface area contributed by atoms with Crippen LogP contribution in [0.3, 0.4) is 0 Å². The maximum absolute atomic E-state index is 9.36. The summed E-state index contributed by atoms with van der Waals surface area (Å²) in [5.41, 5.74) is 0. The predicted octanol–water partition coefficient (Wildman–Crippen LogP) is -0.848. The van der Waals surface area contributed by atoms with E-state index in [1.54, 1.807) is 0 Å². The highest BCUT2D eigenvalue weighted by Crippen LogP contribution is 1.72. The third-order valence-corrected chi connectivity index (χ3v) is 0.288. The monoisotopic (exact) mass is 120 g/mol. The lowest BCUT2D eigenvalue weighted by Gasteiger charge is -1.85. The molecule has 0 aliphatic heterocycles. The number of hydrogen-bond donors (Lipinski definition) is 0. The number of carbonyl (C=O) groups excluding carboxylic acids is 1. The Bertz CT molecular complexity index is 95.0. The van der Waals surface area contributed by atoms with Gasteiger partial charge in [0.15, 0.2) is 6.61 Å². The number of carbonyl (C=O) groups is 1. The van der Waals surface area contributed by atoms with Crippen molar-refractivity contribution in [3.05, 3.63) is 10.1 Å². The van der Waals surface area contributed by atoms with Gasteiger partial charge in [-0.05, 0) is 0 Å². The van der Waals surface area contributed by atoms with Gasteiger partial charge in [-0.15, -0.1) is 10.1 Å². The molecule has 0 rings (SSSR count). The van der Waals surface area contributed by atoms with Gasteiger partial charge in [-0.2, -0.15) is 0 Å². The van der Waals surface area contributed by atoms with Gasteiger partial charge < -0.3 is 4.84 Å². The van der Waals surface area contributed by atoms with Crippen molar-refractivity contribution in [1.29, 1.82) is 0 Å². The normalized spacial score (nSPS) is 8.00. The van der Waals surface area contributed by atoms with Gasteiger partial charge in [-0.3, -0.25) is 0 Å². The van der Waals surface area contributed by atoms with Gasteiger partial charge in [0.1, 0.15) is 0 Å². The van der Waals surface area contributed by atoms with Crippen molar-refractivity contribution < 1.29 is 19.8 Å². The van der Waals surface area contributed by atoms with Crippen molar-refractivity contribution >= 4 is 5.97 Å². The Balaban J connectivity index is 3.18. The van der Waals surface area contributed by atoms with Gasteiger partial charge >= 0.3 is 5.97 Å². The van der Waals surface area contributed by atoms with Crippen molar-refractivity contribution in [2.45, 2.75) is 0 Å². The van der Waals surface area contributed by atoms with E-state index in [-0.39, 0.29) is 0 Å². The highest BCUT2D eigenvalue weighted by atomic mass is 17.0.